The van der Waals surface area contributed by atoms with Gasteiger partial charge in [0.05, 0.1) is 19.2 Å². The number of Topliss-reactive ketones (excluding diaryl/α,β-unsaturated/α-hetero) is 1. The average molecular weight is 370 g/mol. The third kappa shape index (κ3) is 6.29. The molecule has 0 fully saturated rings. The minimum atomic E-state index is -1.65. The number of carbonyl (C=O) groups is 1. The van der Waals surface area contributed by atoms with Crippen molar-refractivity contribution in [1.29, 1.82) is 5.26 Å². The molecule has 0 aliphatic carbocycles. The van der Waals surface area contributed by atoms with Gasteiger partial charge in [0, 0.05) is 6.04 Å². The Morgan fingerprint density at radius 2 is 1.85 bits per heavy atom. The number of nitriles is 1. The fraction of sp³-hybridized carbons (Fsp3) is 0.300. The monoisotopic (exact) mass is 370 g/mol. The lowest BCUT2D eigenvalue weighted by atomic mass is 10.2. The fourth-order valence-electron chi connectivity index (χ4n) is 2.16. The molecule has 0 bridgehead atoms. The zero-order chi connectivity index (χ0) is 19.6. The molecule has 7 nitrogen and oxygen atoms in total. The Balaban J connectivity index is 1.75. The number of hydrogen-bond donors (Lipinski definition) is 2. The number of rotatable bonds is 10. The van der Waals surface area contributed by atoms with Crippen molar-refractivity contribution in [1.82, 2.24) is 5.32 Å². The minimum Gasteiger partial charge on any atom is -0.497 e. The Hall–Kier alpha value is -3.08. The van der Waals surface area contributed by atoms with E-state index >= 15 is 0 Å². The van der Waals surface area contributed by atoms with Crippen molar-refractivity contribution >= 4 is 5.78 Å². The third-order valence-corrected chi connectivity index (χ3v) is 3.71. The Morgan fingerprint density at radius 1 is 1.19 bits per heavy atom. The summed E-state index contributed by atoms with van der Waals surface area (Å²) in [5, 5.41) is 21.9. The summed E-state index contributed by atoms with van der Waals surface area (Å²) in [6, 6.07) is 15.4. The third-order valence-electron chi connectivity index (χ3n) is 3.71. The van der Waals surface area contributed by atoms with Gasteiger partial charge < -0.3 is 24.6 Å². The van der Waals surface area contributed by atoms with Crippen LogP contribution >= 0.6 is 0 Å². The molecule has 2 N–H and O–H groups in total. The van der Waals surface area contributed by atoms with Gasteiger partial charge in [-0.25, -0.2) is 0 Å². The second-order valence-electron chi connectivity index (χ2n) is 5.81. The number of ketones is 1. The van der Waals surface area contributed by atoms with Crippen molar-refractivity contribution in [2.45, 2.75) is 19.3 Å². The maximum atomic E-state index is 12.0. The molecule has 7 heteroatoms. The van der Waals surface area contributed by atoms with Crippen LogP contribution in [0, 0.1) is 11.3 Å². The number of methoxy groups -OCH3 is 1. The largest absolute Gasteiger partial charge is 0.497 e. The molecule has 0 spiro atoms. The molecule has 0 heterocycles. The van der Waals surface area contributed by atoms with Gasteiger partial charge in [0.1, 0.15) is 29.9 Å². The molecular weight excluding hydrogens is 348 g/mol. The summed E-state index contributed by atoms with van der Waals surface area (Å²) >= 11 is 0. The van der Waals surface area contributed by atoms with E-state index in [0.29, 0.717) is 12.4 Å². The van der Waals surface area contributed by atoms with Crippen molar-refractivity contribution in [2.24, 2.45) is 0 Å². The highest BCUT2D eigenvalue weighted by Gasteiger charge is 2.19. The molecule has 0 aromatic heterocycles. The van der Waals surface area contributed by atoms with Crippen LogP contribution < -0.4 is 19.5 Å². The quantitative estimate of drug-likeness (QED) is 0.616. The van der Waals surface area contributed by atoms with Crippen LogP contribution in [0.25, 0.3) is 0 Å². The first-order chi connectivity index (χ1) is 13.0. The highest BCUT2D eigenvalue weighted by atomic mass is 16.6. The van der Waals surface area contributed by atoms with E-state index in [1.165, 1.54) is 6.07 Å². The predicted octanol–water partition coefficient (Wildman–Crippen LogP) is 1.89. The summed E-state index contributed by atoms with van der Waals surface area (Å²) in [4.78, 5) is 12.0. The van der Waals surface area contributed by atoms with Crippen LogP contribution in [0.4, 0.5) is 0 Å². The van der Waals surface area contributed by atoms with Crippen molar-refractivity contribution in [3.63, 3.8) is 0 Å². The normalized spacial score (nSPS) is 12.5. The summed E-state index contributed by atoms with van der Waals surface area (Å²) in [7, 11) is 1.59. The second-order valence-corrected chi connectivity index (χ2v) is 5.81. The van der Waals surface area contributed by atoms with Gasteiger partial charge in [0.25, 0.3) is 6.29 Å². The van der Waals surface area contributed by atoms with Crippen molar-refractivity contribution in [3.05, 3.63) is 54.1 Å². The number of hydrogen-bond acceptors (Lipinski definition) is 7. The number of aliphatic hydroxyl groups excluding tert-OH is 1. The molecule has 0 aliphatic heterocycles. The van der Waals surface area contributed by atoms with Gasteiger partial charge in [-0.15, -0.1) is 0 Å². The van der Waals surface area contributed by atoms with Crippen LogP contribution in [0.3, 0.4) is 0 Å². The molecule has 0 saturated heterocycles. The van der Waals surface area contributed by atoms with Crippen LogP contribution in [0.5, 0.6) is 17.2 Å². The Kier molecular flexibility index (Phi) is 7.62. The number of aliphatic hydroxyl groups is 1. The van der Waals surface area contributed by atoms with Crippen LogP contribution in [-0.2, 0) is 4.79 Å². The number of benzene rings is 2. The van der Waals surface area contributed by atoms with E-state index < -0.39 is 12.1 Å². The first-order valence-corrected chi connectivity index (χ1v) is 8.40. The zero-order valence-corrected chi connectivity index (χ0v) is 15.2. The SMILES string of the molecule is COc1ccc(OCC(C)NCC(=O)C(O)Oc2ccccc2C#N)cc1. The number of para-hydroxylation sites is 1. The highest BCUT2D eigenvalue weighted by Crippen LogP contribution is 2.18. The van der Waals surface area contributed by atoms with Gasteiger partial charge >= 0.3 is 0 Å². The van der Waals surface area contributed by atoms with Gasteiger partial charge in [-0.05, 0) is 43.3 Å². The van der Waals surface area contributed by atoms with Gasteiger partial charge in [-0.3, -0.25) is 4.79 Å². The lowest BCUT2D eigenvalue weighted by Crippen LogP contribution is -2.41. The first-order valence-electron chi connectivity index (χ1n) is 8.40. The van der Waals surface area contributed by atoms with Gasteiger partial charge in [0.15, 0.2) is 0 Å². The predicted molar refractivity (Wildman–Crippen MR) is 98.8 cm³/mol. The first kappa shape index (κ1) is 20.2. The van der Waals surface area contributed by atoms with Gasteiger partial charge in [-0.2, -0.15) is 5.26 Å². The van der Waals surface area contributed by atoms with Crippen LogP contribution in [0.2, 0.25) is 0 Å². The van der Waals surface area contributed by atoms with Crippen LogP contribution in [0.1, 0.15) is 12.5 Å². The summed E-state index contributed by atoms with van der Waals surface area (Å²) in [6.07, 6.45) is -1.65. The summed E-state index contributed by atoms with van der Waals surface area (Å²) in [5.74, 6) is 1.05. The molecule has 0 amide bonds. The molecule has 2 atom stereocenters. The maximum absolute atomic E-state index is 12.0. The van der Waals surface area contributed by atoms with E-state index in [1.807, 2.05) is 13.0 Å². The number of nitrogens with one attached hydrogen (secondary N) is 1. The minimum absolute atomic E-state index is 0.0942. The average Bonchev–Trinajstić information content (AvgIpc) is 2.71. The maximum Gasteiger partial charge on any atom is 0.258 e. The number of carbonyl (C=O) groups excluding carboxylic acids is 1. The molecular formula is C20H22N2O5. The molecule has 27 heavy (non-hydrogen) atoms. The van der Waals surface area contributed by atoms with Crippen molar-refractivity contribution in [3.8, 4) is 23.3 Å². The summed E-state index contributed by atoms with van der Waals surface area (Å²) in [5.41, 5.74) is 0.249. The highest BCUT2D eigenvalue weighted by molar-refractivity contribution is 5.83. The zero-order valence-electron chi connectivity index (χ0n) is 15.2. The smallest absolute Gasteiger partial charge is 0.258 e. The summed E-state index contributed by atoms with van der Waals surface area (Å²) < 4.78 is 15.9. The van der Waals surface area contributed by atoms with E-state index in [-0.39, 0.29) is 23.9 Å². The van der Waals surface area contributed by atoms with Crippen LogP contribution in [-0.4, -0.2) is 43.5 Å². The number of nitrogens with zero attached hydrogens (tertiary/aromatic N) is 1. The van der Waals surface area contributed by atoms with Crippen LogP contribution in [0.15, 0.2) is 48.5 Å². The Morgan fingerprint density at radius 3 is 2.52 bits per heavy atom. The molecule has 2 unspecified atom stereocenters. The lowest BCUT2D eigenvalue weighted by Gasteiger charge is -2.17. The van der Waals surface area contributed by atoms with E-state index in [4.69, 9.17) is 19.5 Å². The Bertz CT molecular complexity index is 786. The van der Waals surface area contributed by atoms with E-state index in [2.05, 4.69) is 5.32 Å². The molecule has 2 aromatic carbocycles. The molecule has 0 radical (unpaired) electrons. The fourth-order valence-corrected chi connectivity index (χ4v) is 2.16. The standard InChI is InChI=1S/C20H22N2O5/c1-14(13-26-17-9-7-16(25-2)8-10-17)22-12-18(23)20(24)27-19-6-4-3-5-15(19)11-21/h3-10,14,20,22,24H,12-13H2,1-2H3. The second kappa shape index (κ2) is 10.2. The summed E-state index contributed by atoms with van der Waals surface area (Å²) in [6.45, 7) is 2.10. The topological polar surface area (TPSA) is 101 Å². The van der Waals surface area contributed by atoms with E-state index in [9.17, 15) is 9.90 Å². The van der Waals surface area contributed by atoms with Gasteiger partial charge in [0.2, 0.25) is 5.78 Å². The number of ether oxygens (including phenoxy) is 3. The van der Waals surface area contributed by atoms with Crippen molar-refractivity contribution in [2.75, 3.05) is 20.3 Å². The lowest BCUT2D eigenvalue weighted by molar-refractivity contribution is -0.140. The molecule has 0 aliphatic rings. The molecule has 2 aromatic rings. The van der Waals surface area contributed by atoms with E-state index in [0.717, 1.165) is 5.75 Å². The van der Waals surface area contributed by atoms with E-state index in [1.54, 1.807) is 49.6 Å². The molecule has 142 valence electrons. The van der Waals surface area contributed by atoms with Crippen molar-refractivity contribution < 1.29 is 24.1 Å². The molecule has 2 rings (SSSR count). The Labute approximate surface area is 158 Å². The van der Waals surface area contributed by atoms with Gasteiger partial charge in [-0.1, -0.05) is 12.1 Å². The molecule has 0 saturated carbocycles.